The molecule has 0 aliphatic heterocycles. The monoisotopic (exact) mass is 509 g/mol. The number of benzene rings is 1. The van der Waals surface area contributed by atoms with Crippen molar-refractivity contribution >= 4 is 51.5 Å². The van der Waals surface area contributed by atoms with E-state index in [-0.39, 0.29) is 16.3 Å². The molecule has 0 aliphatic carbocycles. The van der Waals surface area contributed by atoms with Crippen molar-refractivity contribution in [2.75, 3.05) is 5.32 Å². The Morgan fingerprint density at radius 3 is 2.65 bits per heavy atom. The van der Waals surface area contributed by atoms with Crippen LogP contribution in [0.3, 0.4) is 0 Å². The van der Waals surface area contributed by atoms with Gasteiger partial charge in [-0.2, -0.15) is 18.3 Å². The summed E-state index contributed by atoms with van der Waals surface area (Å²) in [5.74, 6) is -1.12. The zero-order chi connectivity index (χ0) is 24.6. The molecular weight excluding hydrogens is 495 g/mol. The van der Waals surface area contributed by atoms with E-state index in [1.165, 1.54) is 29.5 Å². The molecule has 2 amide bonds. The number of halogens is 4. The molecule has 0 radical (unpaired) electrons. The van der Waals surface area contributed by atoms with Gasteiger partial charge in [-0.1, -0.05) is 11.6 Å². The van der Waals surface area contributed by atoms with E-state index < -0.39 is 34.6 Å². The van der Waals surface area contributed by atoms with Crippen LogP contribution < -0.4 is 10.6 Å². The van der Waals surface area contributed by atoms with Crippen LogP contribution in [0.4, 0.5) is 18.9 Å². The number of carbonyl (C=O) groups excluding carboxylic acids is 2. The van der Waals surface area contributed by atoms with Gasteiger partial charge in [0, 0.05) is 12.7 Å². The van der Waals surface area contributed by atoms with Gasteiger partial charge >= 0.3 is 6.18 Å². The molecule has 1 aromatic carbocycles. The van der Waals surface area contributed by atoms with E-state index >= 15 is 0 Å². The van der Waals surface area contributed by atoms with Crippen LogP contribution in [0, 0.1) is 0 Å². The number of aryl methyl sites for hydroxylation is 1. The second-order valence-electron chi connectivity index (χ2n) is 7.13. The fraction of sp³-hybridized carbons (Fsp3) is 0.200. The highest BCUT2D eigenvalue weighted by Gasteiger charge is 2.33. The number of aromatic nitrogens is 5. The zero-order valence-corrected chi connectivity index (χ0v) is 19.1. The molecular formula is C20H15ClF3N7O2S. The van der Waals surface area contributed by atoms with E-state index in [1.54, 1.807) is 14.0 Å². The second-order valence-corrected chi connectivity index (χ2v) is 8.60. The van der Waals surface area contributed by atoms with Crippen LogP contribution in [-0.4, -0.2) is 36.5 Å². The molecule has 0 aliphatic rings. The highest BCUT2D eigenvalue weighted by atomic mass is 35.5. The van der Waals surface area contributed by atoms with Crippen LogP contribution in [0.1, 0.15) is 43.7 Å². The largest absolute Gasteiger partial charge is 0.417 e. The quantitative estimate of drug-likeness (QED) is 0.416. The summed E-state index contributed by atoms with van der Waals surface area (Å²) in [6, 6.07) is 2.50. The first kappa shape index (κ1) is 23.6. The Morgan fingerprint density at radius 2 is 1.91 bits per heavy atom. The van der Waals surface area contributed by atoms with Crippen molar-refractivity contribution in [1.29, 1.82) is 0 Å². The van der Waals surface area contributed by atoms with E-state index in [4.69, 9.17) is 11.6 Å². The van der Waals surface area contributed by atoms with Crippen LogP contribution in [0.25, 0.3) is 11.0 Å². The summed E-state index contributed by atoms with van der Waals surface area (Å²) in [5, 5.41) is 9.65. The third kappa shape index (κ3) is 4.70. The summed E-state index contributed by atoms with van der Waals surface area (Å²) in [5.41, 5.74) is -0.484. The first-order valence-electron chi connectivity index (χ1n) is 9.62. The lowest BCUT2D eigenvalue weighted by atomic mass is 10.2. The number of rotatable bonds is 5. The van der Waals surface area contributed by atoms with Gasteiger partial charge in [-0.05, 0) is 25.1 Å². The van der Waals surface area contributed by atoms with Gasteiger partial charge in [0.15, 0.2) is 5.65 Å². The number of carbonyl (C=O) groups is 2. The number of thiazole rings is 1. The molecule has 3 aromatic heterocycles. The Hall–Kier alpha value is -3.58. The molecule has 4 aromatic rings. The summed E-state index contributed by atoms with van der Waals surface area (Å²) in [4.78, 5) is 37.7. The second kappa shape index (κ2) is 8.99. The number of hydrogen-bond acceptors (Lipinski definition) is 7. The van der Waals surface area contributed by atoms with Gasteiger partial charge in [-0.3, -0.25) is 14.3 Å². The Morgan fingerprint density at radius 1 is 1.15 bits per heavy atom. The summed E-state index contributed by atoms with van der Waals surface area (Å²) in [6.07, 6.45) is -0.630. The van der Waals surface area contributed by atoms with Gasteiger partial charge in [-0.15, -0.1) is 11.3 Å². The predicted octanol–water partition coefficient (Wildman–Crippen LogP) is 4.24. The average molecular weight is 510 g/mol. The van der Waals surface area contributed by atoms with Crippen molar-refractivity contribution in [3.05, 3.63) is 63.1 Å². The Balaban J connectivity index is 1.46. The summed E-state index contributed by atoms with van der Waals surface area (Å²) >= 11 is 6.59. The molecule has 34 heavy (non-hydrogen) atoms. The Labute approximate surface area is 199 Å². The van der Waals surface area contributed by atoms with Crippen molar-refractivity contribution in [1.82, 2.24) is 30.0 Å². The van der Waals surface area contributed by atoms with Crippen LogP contribution in [-0.2, 0) is 13.2 Å². The van der Waals surface area contributed by atoms with Crippen molar-refractivity contribution in [3.8, 4) is 0 Å². The van der Waals surface area contributed by atoms with Crippen LogP contribution in [0.5, 0.6) is 0 Å². The molecule has 3 heterocycles. The van der Waals surface area contributed by atoms with Gasteiger partial charge in [0.25, 0.3) is 11.8 Å². The van der Waals surface area contributed by atoms with Gasteiger partial charge in [0.1, 0.15) is 21.9 Å². The molecule has 0 spiro atoms. The maximum absolute atomic E-state index is 13.0. The molecule has 0 fully saturated rings. The first-order chi connectivity index (χ1) is 16.0. The lowest BCUT2D eigenvalue weighted by molar-refractivity contribution is -0.137. The third-order valence-electron chi connectivity index (χ3n) is 4.74. The van der Waals surface area contributed by atoms with Crippen molar-refractivity contribution in [2.24, 2.45) is 7.05 Å². The van der Waals surface area contributed by atoms with E-state index in [9.17, 15) is 22.8 Å². The van der Waals surface area contributed by atoms with Crippen molar-refractivity contribution < 1.29 is 22.8 Å². The number of anilines is 1. The van der Waals surface area contributed by atoms with Crippen LogP contribution in [0.15, 0.2) is 36.9 Å². The van der Waals surface area contributed by atoms with E-state index in [0.29, 0.717) is 16.0 Å². The molecule has 4 rings (SSSR count). The molecule has 9 nitrogen and oxygen atoms in total. The van der Waals surface area contributed by atoms with Crippen LogP contribution in [0.2, 0.25) is 5.02 Å². The first-order valence-corrected chi connectivity index (χ1v) is 10.8. The smallest absolute Gasteiger partial charge is 0.342 e. The van der Waals surface area contributed by atoms with Gasteiger partial charge < -0.3 is 10.6 Å². The highest BCUT2D eigenvalue weighted by molar-refractivity contribution is 7.13. The van der Waals surface area contributed by atoms with E-state index in [2.05, 4.69) is 30.7 Å². The van der Waals surface area contributed by atoms with Crippen molar-refractivity contribution in [3.63, 3.8) is 0 Å². The molecule has 1 atom stereocenters. The predicted molar refractivity (Wildman–Crippen MR) is 119 cm³/mol. The molecule has 0 saturated heterocycles. The molecule has 14 heteroatoms. The SMILES string of the molecule is C[C@H](NC(=O)c1ncnc2c1cnn2C)c1ncc(C(=O)Nc2ccc(Cl)c(C(F)(F)F)c2)s1. The Bertz CT molecular complexity index is 1400. The Kier molecular flexibility index (Phi) is 6.23. The summed E-state index contributed by atoms with van der Waals surface area (Å²) in [6.45, 7) is 1.68. The molecule has 0 bridgehead atoms. The number of amides is 2. The lowest BCUT2D eigenvalue weighted by Crippen LogP contribution is -2.27. The fourth-order valence-corrected chi connectivity index (χ4v) is 4.12. The standard InChI is InChI=1S/C20H15ClF3N7O2S/c1-9(29-18(33)15-11-6-28-31(2)16(11)27-8-26-15)19-25-7-14(34-19)17(32)30-10-3-4-13(21)12(5-10)20(22,23)24/h3-9H,1-2H3,(H,29,33)(H,30,32)/t9-/m0/s1. The zero-order valence-electron chi connectivity index (χ0n) is 17.5. The van der Waals surface area contributed by atoms with Crippen molar-refractivity contribution in [2.45, 2.75) is 19.1 Å². The average Bonchev–Trinajstić information content (AvgIpc) is 3.42. The fourth-order valence-electron chi connectivity index (χ4n) is 3.08. The van der Waals surface area contributed by atoms with E-state index in [1.807, 2.05) is 0 Å². The third-order valence-corrected chi connectivity index (χ3v) is 6.25. The minimum atomic E-state index is -4.66. The highest BCUT2D eigenvalue weighted by Crippen LogP contribution is 2.36. The number of nitrogens with zero attached hydrogens (tertiary/aromatic N) is 5. The molecule has 2 N–H and O–H groups in total. The molecule has 176 valence electrons. The number of alkyl halides is 3. The van der Waals surface area contributed by atoms with Gasteiger partial charge in [0.2, 0.25) is 0 Å². The van der Waals surface area contributed by atoms with E-state index in [0.717, 1.165) is 23.5 Å². The summed E-state index contributed by atoms with van der Waals surface area (Å²) < 4.78 is 40.6. The normalized spacial score (nSPS) is 12.5. The topological polar surface area (TPSA) is 115 Å². The minimum Gasteiger partial charge on any atom is -0.342 e. The minimum absolute atomic E-state index is 0.0673. The van der Waals surface area contributed by atoms with Gasteiger partial charge in [-0.25, -0.2) is 15.0 Å². The molecule has 0 unspecified atom stereocenters. The summed E-state index contributed by atoms with van der Waals surface area (Å²) in [7, 11) is 1.69. The number of nitrogens with one attached hydrogen (secondary N) is 2. The van der Waals surface area contributed by atoms with Crippen LogP contribution >= 0.6 is 22.9 Å². The lowest BCUT2D eigenvalue weighted by Gasteiger charge is -2.11. The van der Waals surface area contributed by atoms with Gasteiger partial charge in [0.05, 0.1) is 34.4 Å². The number of hydrogen-bond donors (Lipinski definition) is 2. The maximum atomic E-state index is 13.0. The maximum Gasteiger partial charge on any atom is 0.417 e. The molecule has 0 saturated carbocycles. The number of fused-ring (bicyclic) bond motifs is 1.